The summed E-state index contributed by atoms with van der Waals surface area (Å²) in [6.07, 6.45) is 5.06. The number of carbonyl (C=O) groups excluding carboxylic acids is 2. The molecule has 4 saturated carbocycles. The molecule has 0 saturated heterocycles. The highest BCUT2D eigenvalue weighted by atomic mass is 32.3. The molecule has 4 bridgehead atoms. The van der Waals surface area contributed by atoms with E-state index >= 15 is 0 Å². The normalized spacial score (nSPS) is 30.3. The van der Waals surface area contributed by atoms with Gasteiger partial charge < -0.3 is 5.32 Å². The summed E-state index contributed by atoms with van der Waals surface area (Å²) in [4.78, 5) is 36.7. The van der Waals surface area contributed by atoms with Gasteiger partial charge in [0, 0.05) is 26.9 Å². The molecular formula is C25H26N4O8S2. The second-order valence-corrected chi connectivity index (χ2v) is 14.9. The van der Waals surface area contributed by atoms with Crippen LogP contribution >= 0.6 is 0 Å². The number of nitrogens with one attached hydrogen (secondary N) is 2. The number of benzene rings is 2. The fraction of sp³-hybridized carbons (Fsp3) is 0.440. The van der Waals surface area contributed by atoms with Crippen molar-refractivity contribution in [3.8, 4) is 0 Å². The molecule has 1 heterocycles. The van der Waals surface area contributed by atoms with E-state index in [0.717, 1.165) is 31.4 Å². The van der Waals surface area contributed by atoms with E-state index < -0.39 is 58.0 Å². The van der Waals surface area contributed by atoms with E-state index in [1.165, 1.54) is 36.4 Å². The lowest BCUT2D eigenvalue weighted by atomic mass is 9.47. The highest BCUT2D eigenvalue weighted by Gasteiger charge is 2.58. The van der Waals surface area contributed by atoms with E-state index in [1.54, 1.807) is 0 Å². The molecule has 206 valence electrons. The summed E-state index contributed by atoms with van der Waals surface area (Å²) in [6, 6.07) is 8.76. The van der Waals surface area contributed by atoms with E-state index in [0.29, 0.717) is 37.0 Å². The van der Waals surface area contributed by atoms with Gasteiger partial charge in [0.2, 0.25) is 0 Å². The minimum Gasteiger partial charge on any atom is -0.340 e. The molecule has 4 fully saturated rings. The fourth-order valence-corrected chi connectivity index (χ4v) is 11.5. The Bertz CT molecular complexity index is 1520. The lowest BCUT2D eigenvalue weighted by Gasteiger charge is -2.58. The third kappa shape index (κ3) is 4.12. The quantitative estimate of drug-likeness (QED) is 0.391. The van der Waals surface area contributed by atoms with Crippen molar-refractivity contribution in [3.05, 3.63) is 64.2 Å². The Morgan fingerprint density at radius 1 is 0.872 bits per heavy atom. The van der Waals surface area contributed by atoms with Gasteiger partial charge in [0.1, 0.15) is 15.8 Å². The van der Waals surface area contributed by atoms with Gasteiger partial charge in [0.05, 0.1) is 4.92 Å². The molecule has 2 aromatic rings. The van der Waals surface area contributed by atoms with Crippen LogP contribution < -0.4 is 10.7 Å². The third-order valence-electron chi connectivity index (χ3n) is 8.62. The summed E-state index contributed by atoms with van der Waals surface area (Å²) >= 11 is 0. The lowest BCUT2D eigenvalue weighted by Crippen LogP contribution is -2.64. The van der Waals surface area contributed by atoms with Gasteiger partial charge in [0.15, 0.2) is 0 Å². The molecule has 0 unspecified atom stereocenters. The molecule has 0 radical (unpaired) electrons. The number of nitro groups is 1. The van der Waals surface area contributed by atoms with E-state index in [-0.39, 0.29) is 15.1 Å². The number of amides is 2. The van der Waals surface area contributed by atoms with Crippen LogP contribution in [0, 0.1) is 33.3 Å². The Hall–Kier alpha value is -3.36. The fourth-order valence-electron chi connectivity index (χ4n) is 7.44. The first-order chi connectivity index (χ1) is 18.4. The van der Waals surface area contributed by atoms with Gasteiger partial charge in [-0.25, -0.2) is 16.8 Å². The molecule has 7 rings (SSSR count). The van der Waals surface area contributed by atoms with Crippen molar-refractivity contribution in [1.82, 2.24) is 14.6 Å². The maximum atomic E-state index is 13.9. The number of hydrazine groups is 1. The molecule has 0 spiro atoms. The Kier molecular flexibility index (Phi) is 5.86. The molecule has 1 aliphatic heterocycles. The van der Waals surface area contributed by atoms with Gasteiger partial charge in [-0.2, -0.15) is 0 Å². The van der Waals surface area contributed by atoms with E-state index in [2.05, 4.69) is 10.7 Å². The van der Waals surface area contributed by atoms with Gasteiger partial charge in [-0.3, -0.25) is 25.1 Å². The average Bonchev–Trinajstić information content (AvgIpc) is 3.03. The number of non-ortho nitro benzene ring substituents is 1. The SMILES string of the molecule is O=C(N[C@H](C(=O)NN1S(=O)(=O)c2ccccc2S1(=O)=O)C12CC3CC(CC(C3)C1)C2)c1ccc([N+](=O)[O-])cc1. The number of hydrogen-bond donors (Lipinski definition) is 2. The van der Waals surface area contributed by atoms with Crippen LogP contribution in [0.5, 0.6) is 0 Å². The highest BCUT2D eigenvalue weighted by Crippen LogP contribution is 2.61. The predicted molar refractivity (Wildman–Crippen MR) is 136 cm³/mol. The van der Waals surface area contributed by atoms with Gasteiger partial charge in [0.25, 0.3) is 37.5 Å². The number of nitro benzene ring substituents is 1. The van der Waals surface area contributed by atoms with E-state index in [9.17, 15) is 36.5 Å². The molecule has 39 heavy (non-hydrogen) atoms. The Morgan fingerprint density at radius 3 is 1.82 bits per heavy atom. The van der Waals surface area contributed by atoms with Crippen molar-refractivity contribution < 1.29 is 31.3 Å². The second-order valence-electron chi connectivity index (χ2n) is 11.1. The van der Waals surface area contributed by atoms with Crippen LogP contribution in [0.1, 0.15) is 48.9 Å². The Labute approximate surface area is 225 Å². The summed E-state index contributed by atoms with van der Waals surface area (Å²) in [6.45, 7) is 0. The molecule has 2 aromatic carbocycles. The maximum absolute atomic E-state index is 13.9. The number of sulfonamides is 2. The van der Waals surface area contributed by atoms with Crippen molar-refractivity contribution in [2.75, 3.05) is 0 Å². The Morgan fingerprint density at radius 2 is 1.36 bits per heavy atom. The lowest BCUT2D eigenvalue weighted by molar-refractivity contribution is -0.384. The van der Waals surface area contributed by atoms with Gasteiger partial charge in [-0.15, -0.1) is 0 Å². The molecule has 2 amide bonds. The minimum absolute atomic E-state index is 0.00145. The standard InChI is InChI=1S/C25H26N4O8S2/c30-23(18-5-7-19(8-6-18)28(32)33)26-22(25-12-15-9-16(13-25)11-17(10-15)14-25)24(31)27-29-38(34,35)20-3-1-2-4-21(20)39(29,36)37/h1-8,15-17,22H,9-14H2,(H,26,30)(H,27,31)/t15?,16?,17?,22-,25?/m1/s1. The monoisotopic (exact) mass is 574 g/mol. The van der Waals surface area contributed by atoms with Crippen molar-refractivity contribution in [1.29, 1.82) is 0 Å². The smallest absolute Gasteiger partial charge is 0.275 e. The topological polar surface area (TPSA) is 173 Å². The molecule has 0 aromatic heterocycles. The van der Waals surface area contributed by atoms with Crippen molar-refractivity contribution in [2.45, 2.75) is 54.4 Å². The number of carbonyl (C=O) groups is 2. The van der Waals surface area contributed by atoms with Gasteiger partial charge in [-0.05, 0) is 80.5 Å². The van der Waals surface area contributed by atoms with Crippen LogP contribution in [0.4, 0.5) is 5.69 Å². The largest absolute Gasteiger partial charge is 0.340 e. The third-order valence-corrected chi connectivity index (χ3v) is 12.8. The second kappa shape index (κ2) is 8.83. The van der Waals surface area contributed by atoms with Crippen molar-refractivity contribution in [2.24, 2.45) is 23.2 Å². The van der Waals surface area contributed by atoms with E-state index in [1.807, 2.05) is 0 Å². The predicted octanol–water partition coefficient (Wildman–Crippen LogP) is 2.33. The van der Waals surface area contributed by atoms with Crippen LogP contribution in [-0.2, 0) is 24.8 Å². The van der Waals surface area contributed by atoms with Crippen LogP contribution in [0.3, 0.4) is 0 Å². The molecule has 5 aliphatic rings. The first kappa shape index (κ1) is 25.9. The van der Waals surface area contributed by atoms with Crippen molar-refractivity contribution in [3.63, 3.8) is 0 Å². The number of rotatable bonds is 6. The number of nitrogens with zero attached hydrogens (tertiary/aromatic N) is 2. The maximum Gasteiger partial charge on any atom is 0.275 e. The zero-order valence-corrected chi connectivity index (χ0v) is 22.3. The van der Waals surface area contributed by atoms with Crippen LogP contribution in [0.25, 0.3) is 0 Å². The summed E-state index contributed by atoms with van der Waals surface area (Å²) in [5.41, 5.74) is 1.33. The first-order valence-electron chi connectivity index (χ1n) is 12.7. The minimum atomic E-state index is -4.60. The number of fused-ring (bicyclic) bond motifs is 1. The molecule has 4 aliphatic carbocycles. The highest BCUT2D eigenvalue weighted by molar-refractivity contribution is 8.06. The summed E-state index contributed by atoms with van der Waals surface area (Å²) in [5.74, 6) is -0.507. The summed E-state index contributed by atoms with van der Waals surface area (Å²) in [7, 11) is -9.19. The van der Waals surface area contributed by atoms with Crippen LogP contribution in [-0.4, -0.2) is 43.4 Å². The number of hydrogen-bond acceptors (Lipinski definition) is 8. The van der Waals surface area contributed by atoms with Gasteiger partial charge in [-0.1, -0.05) is 12.1 Å². The first-order valence-corrected chi connectivity index (χ1v) is 15.5. The summed E-state index contributed by atoms with van der Waals surface area (Å²) in [5, 5.41) is 13.8. The zero-order chi connectivity index (χ0) is 27.7. The molecular weight excluding hydrogens is 548 g/mol. The molecule has 2 N–H and O–H groups in total. The molecule has 14 heteroatoms. The zero-order valence-electron chi connectivity index (χ0n) is 20.6. The Balaban J connectivity index is 1.34. The van der Waals surface area contributed by atoms with Crippen LogP contribution in [0.2, 0.25) is 0 Å². The van der Waals surface area contributed by atoms with Crippen LogP contribution in [0.15, 0.2) is 58.3 Å². The average molecular weight is 575 g/mol. The summed E-state index contributed by atoms with van der Waals surface area (Å²) < 4.78 is 52.5. The molecule has 1 atom stereocenters. The molecule has 12 nitrogen and oxygen atoms in total. The van der Waals surface area contributed by atoms with E-state index in [4.69, 9.17) is 0 Å². The van der Waals surface area contributed by atoms with Crippen molar-refractivity contribution >= 4 is 37.5 Å². The van der Waals surface area contributed by atoms with Gasteiger partial charge >= 0.3 is 0 Å².